The van der Waals surface area contributed by atoms with Crippen molar-refractivity contribution >= 4 is 10.0 Å². The smallest absolute Gasteiger partial charge is 0.207 e. The maximum absolute atomic E-state index is 13.1. The molecule has 0 bridgehead atoms. The summed E-state index contributed by atoms with van der Waals surface area (Å²) in [6, 6.07) is 10.9. The van der Waals surface area contributed by atoms with Crippen molar-refractivity contribution in [1.82, 2.24) is 4.72 Å². The molecule has 112 valence electrons. The molecule has 0 fully saturated rings. The molecular formula is C16H18FNO2S. The second-order valence-corrected chi connectivity index (χ2v) is 6.85. The highest BCUT2D eigenvalue weighted by molar-refractivity contribution is 7.89. The van der Waals surface area contributed by atoms with Crippen molar-refractivity contribution in [3.8, 4) is 0 Å². The Hall–Kier alpha value is -1.72. The van der Waals surface area contributed by atoms with E-state index in [1.807, 2.05) is 31.2 Å². The fourth-order valence-corrected chi connectivity index (χ4v) is 3.59. The predicted molar refractivity (Wildman–Crippen MR) is 81.1 cm³/mol. The summed E-state index contributed by atoms with van der Waals surface area (Å²) in [6.45, 7) is 5.33. The SMILES string of the molecule is Cc1ccc(C(C)NS(=O)(=O)c2ccc(F)cc2C)cc1. The molecule has 2 rings (SSSR count). The molecule has 0 aliphatic heterocycles. The quantitative estimate of drug-likeness (QED) is 0.940. The molecule has 0 aliphatic rings. The first-order chi connectivity index (χ1) is 9.79. The van der Waals surface area contributed by atoms with Gasteiger partial charge >= 0.3 is 0 Å². The Morgan fingerprint density at radius 3 is 2.24 bits per heavy atom. The lowest BCUT2D eigenvalue weighted by atomic mass is 10.1. The molecule has 3 nitrogen and oxygen atoms in total. The van der Waals surface area contributed by atoms with Crippen LogP contribution in [0.5, 0.6) is 0 Å². The Balaban J connectivity index is 2.26. The highest BCUT2D eigenvalue weighted by atomic mass is 32.2. The number of rotatable bonds is 4. The van der Waals surface area contributed by atoms with E-state index in [9.17, 15) is 12.8 Å². The minimum absolute atomic E-state index is 0.0999. The molecule has 0 heterocycles. The third-order valence-electron chi connectivity index (χ3n) is 3.34. The maximum Gasteiger partial charge on any atom is 0.241 e. The van der Waals surface area contributed by atoms with Crippen LogP contribution in [0.15, 0.2) is 47.4 Å². The van der Waals surface area contributed by atoms with Gasteiger partial charge in [0.05, 0.1) is 4.90 Å². The van der Waals surface area contributed by atoms with E-state index >= 15 is 0 Å². The zero-order chi connectivity index (χ0) is 15.6. The van der Waals surface area contributed by atoms with Crippen molar-refractivity contribution < 1.29 is 12.8 Å². The molecule has 0 aliphatic carbocycles. The van der Waals surface area contributed by atoms with Crippen molar-refractivity contribution in [2.24, 2.45) is 0 Å². The van der Waals surface area contributed by atoms with Gasteiger partial charge in [-0.2, -0.15) is 0 Å². The van der Waals surface area contributed by atoms with E-state index in [1.54, 1.807) is 13.8 Å². The van der Waals surface area contributed by atoms with Crippen LogP contribution in [0.3, 0.4) is 0 Å². The van der Waals surface area contributed by atoms with Gasteiger partial charge in [-0.3, -0.25) is 0 Å². The number of nitrogens with one attached hydrogen (secondary N) is 1. The molecule has 0 saturated heterocycles. The molecule has 0 aromatic heterocycles. The molecule has 1 atom stereocenters. The fourth-order valence-electron chi connectivity index (χ4n) is 2.13. The van der Waals surface area contributed by atoms with Crippen LogP contribution in [0.25, 0.3) is 0 Å². The summed E-state index contributed by atoms with van der Waals surface area (Å²) in [4.78, 5) is 0.0999. The van der Waals surface area contributed by atoms with Gasteiger partial charge in [-0.1, -0.05) is 29.8 Å². The summed E-state index contributed by atoms with van der Waals surface area (Å²) in [6.07, 6.45) is 0. The van der Waals surface area contributed by atoms with Crippen molar-refractivity contribution in [3.63, 3.8) is 0 Å². The number of halogens is 1. The Labute approximate surface area is 124 Å². The molecule has 2 aromatic rings. The van der Waals surface area contributed by atoms with E-state index in [1.165, 1.54) is 12.1 Å². The first-order valence-electron chi connectivity index (χ1n) is 6.64. The van der Waals surface area contributed by atoms with Crippen LogP contribution in [-0.4, -0.2) is 8.42 Å². The maximum atomic E-state index is 13.1. The Kier molecular flexibility index (Phi) is 4.44. The monoisotopic (exact) mass is 307 g/mol. The second-order valence-electron chi connectivity index (χ2n) is 5.16. The summed E-state index contributed by atoms with van der Waals surface area (Å²) >= 11 is 0. The van der Waals surface area contributed by atoms with E-state index < -0.39 is 15.8 Å². The Bertz CT molecular complexity index is 739. The molecule has 1 N–H and O–H groups in total. The number of aryl methyl sites for hydroxylation is 2. The Morgan fingerprint density at radius 1 is 1.05 bits per heavy atom. The van der Waals surface area contributed by atoms with E-state index in [0.717, 1.165) is 17.2 Å². The first-order valence-corrected chi connectivity index (χ1v) is 8.13. The van der Waals surface area contributed by atoms with Crippen LogP contribution in [0, 0.1) is 19.7 Å². The minimum atomic E-state index is -3.68. The summed E-state index contributed by atoms with van der Waals surface area (Å²) < 4.78 is 40.5. The van der Waals surface area contributed by atoms with Crippen molar-refractivity contribution in [3.05, 3.63) is 65.0 Å². The Morgan fingerprint density at radius 2 is 1.67 bits per heavy atom. The topological polar surface area (TPSA) is 46.2 Å². The number of sulfonamides is 1. The molecule has 0 amide bonds. The van der Waals surface area contributed by atoms with E-state index in [0.29, 0.717) is 5.56 Å². The van der Waals surface area contributed by atoms with Crippen molar-refractivity contribution in [2.45, 2.75) is 31.7 Å². The molecule has 0 saturated carbocycles. The van der Waals surface area contributed by atoms with Crippen LogP contribution in [0.4, 0.5) is 4.39 Å². The lowest BCUT2D eigenvalue weighted by Gasteiger charge is -2.16. The largest absolute Gasteiger partial charge is 0.241 e. The van der Waals surface area contributed by atoms with Gasteiger partial charge in [-0.15, -0.1) is 0 Å². The number of hydrogen-bond acceptors (Lipinski definition) is 2. The van der Waals surface area contributed by atoms with Crippen LogP contribution in [-0.2, 0) is 10.0 Å². The first kappa shape index (κ1) is 15.7. The minimum Gasteiger partial charge on any atom is -0.207 e. The van der Waals surface area contributed by atoms with Gasteiger partial charge in [-0.05, 0) is 50.1 Å². The zero-order valence-electron chi connectivity index (χ0n) is 12.2. The average Bonchev–Trinajstić information content (AvgIpc) is 2.38. The van der Waals surface area contributed by atoms with Gasteiger partial charge < -0.3 is 0 Å². The third kappa shape index (κ3) is 3.68. The standard InChI is InChI=1S/C16H18FNO2S/c1-11-4-6-14(7-5-11)13(3)18-21(19,20)16-9-8-15(17)10-12(16)2/h4-10,13,18H,1-3H3. The number of benzene rings is 2. The van der Waals surface area contributed by atoms with Gasteiger partial charge in [0.2, 0.25) is 10.0 Å². The van der Waals surface area contributed by atoms with Crippen molar-refractivity contribution in [2.75, 3.05) is 0 Å². The summed E-state index contributed by atoms with van der Waals surface area (Å²) in [5.41, 5.74) is 2.38. The summed E-state index contributed by atoms with van der Waals surface area (Å²) in [7, 11) is -3.68. The molecule has 2 aromatic carbocycles. The molecule has 1 unspecified atom stereocenters. The zero-order valence-corrected chi connectivity index (χ0v) is 13.0. The van der Waals surface area contributed by atoms with Crippen LogP contribution in [0.2, 0.25) is 0 Å². The van der Waals surface area contributed by atoms with E-state index in [4.69, 9.17) is 0 Å². The molecule has 5 heteroatoms. The highest BCUT2D eigenvalue weighted by Crippen LogP contribution is 2.20. The van der Waals surface area contributed by atoms with Crippen LogP contribution in [0.1, 0.15) is 29.7 Å². The molecule has 0 radical (unpaired) electrons. The normalized spacial score (nSPS) is 13.1. The van der Waals surface area contributed by atoms with Crippen molar-refractivity contribution in [1.29, 1.82) is 0 Å². The van der Waals surface area contributed by atoms with Gasteiger partial charge in [0.25, 0.3) is 0 Å². The predicted octanol–water partition coefficient (Wildman–Crippen LogP) is 3.48. The van der Waals surface area contributed by atoms with Crippen LogP contribution < -0.4 is 4.72 Å². The van der Waals surface area contributed by atoms with E-state index in [2.05, 4.69) is 4.72 Å². The second kappa shape index (κ2) is 5.95. The lowest BCUT2D eigenvalue weighted by Crippen LogP contribution is -2.27. The lowest BCUT2D eigenvalue weighted by molar-refractivity contribution is 0.565. The third-order valence-corrected chi connectivity index (χ3v) is 5.04. The molecule has 0 spiro atoms. The average molecular weight is 307 g/mol. The van der Waals surface area contributed by atoms with Gasteiger partial charge in [-0.25, -0.2) is 17.5 Å². The van der Waals surface area contributed by atoms with Crippen LogP contribution >= 0.6 is 0 Å². The fraction of sp³-hybridized carbons (Fsp3) is 0.250. The van der Waals surface area contributed by atoms with Gasteiger partial charge in [0.15, 0.2) is 0 Å². The summed E-state index contributed by atoms with van der Waals surface area (Å²) in [5, 5.41) is 0. The summed E-state index contributed by atoms with van der Waals surface area (Å²) in [5.74, 6) is -0.446. The molecular weight excluding hydrogens is 289 g/mol. The number of hydrogen-bond donors (Lipinski definition) is 1. The van der Waals surface area contributed by atoms with E-state index in [-0.39, 0.29) is 10.9 Å². The van der Waals surface area contributed by atoms with Gasteiger partial charge in [0, 0.05) is 6.04 Å². The highest BCUT2D eigenvalue weighted by Gasteiger charge is 2.20. The van der Waals surface area contributed by atoms with Gasteiger partial charge in [0.1, 0.15) is 5.82 Å². The molecule has 21 heavy (non-hydrogen) atoms.